The number of anilines is 2. The molecule has 21 heavy (non-hydrogen) atoms. The molecular weight excluding hydrogens is 331 g/mol. The molecule has 4 heteroatoms. The third-order valence-corrected chi connectivity index (χ3v) is 4.34. The average Bonchev–Trinajstić information content (AvgIpc) is 2.88. The highest BCUT2D eigenvalue weighted by Gasteiger charge is 2.23. The molecule has 1 aliphatic rings. The van der Waals surface area contributed by atoms with Crippen molar-refractivity contribution in [2.45, 2.75) is 19.9 Å². The van der Waals surface area contributed by atoms with Crippen molar-refractivity contribution in [1.82, 2.24) is 5.32 Å². The first-order valence-corrected chi connectivity index (χ1v) is 8.03. The molecule has 1 aliphatic heterocycles. The van der Waals surface area contributed by atoms with Crippen LogP contribution in [0.4, 0.5) is 15.8 Å². The highest BCUT2D eigenvalue weighted by atomic mass is 79.9. The molecule has 0 fully saturated rings. The summed E-state index contributed by atoms with van der Waals surface area (Å²) in [6.45, 7) is 4.74. The van der Waals surface area contributed by atoms with Crippen LogP contribution in [0.3, 0.4) is 0 Å². The lowest BCUT2D eigenvalue weighted by atomic mass is 10.1. The van der Waals surface area contributed by atoms with E-state index in [1.165, 1.54) is 11.1 Å². The van der Waals surface area contributed by atoms with Gasteiger partial charge in [0.2, 0.25) is 0 Å². The smallest absolute Gasteiger partial charge is 0.125 e. The number of nitrogens with zero attached hydrogens (tertiary/aromatic N) is 1. The zero-order valence-corrected chi connectivity index (χ0v) is 13.6. The Hall–Kier alpha value is -1.39. The topological polar surface area (TPSA) is 15.3 Å². The summed E-state index contributed by atoms with van der Waals surface area (Å²) < 4.78 is 14.6. The number of rotatable bonds is 4. The van der Waals surface area contributed by atoms with Crippen molar-refractivity contribution in [2.24, 2.45) is 0 Å². The van der Waals surface area contributed by atoms with E-state index in [1.807, 2.05) is 6.07 Å². The Balaban J connectivity index is 2.02. The molecule has 0 radical (unpaired) electrons. The Morgan fingerprint density at radius 2 is 2.05 bits per heavy atom. The SMILES string of the molecule is CCNCc1ccc(Br)cc1N1CCc2ccc(F)cc21. The predicted octanol–water partition coefficient (Wildman–Crippen LogP) is 4.39. The van der Waals surface area contributed by atoms with Gasteiger partial charge in [-0.25, -0.2) is 4.39 Å². The summed E-state index contributed by atoms with van der Waals surface area (Å²) in [6, 6.07) is 11.4. The van der Waals surface area contributed by atoms with Gasteiger partial charge in [-0.05, 0) is 48.4 Å². The summed E-state index contributed by atoms with van der Waals surface area (Å²) in [5.41, 5.74) is 4.59. The molecule has 0 aliphatic carbocycles. The van der Waals surface area contributed by atoms with Gasteiger partial charge in [0.05, 0.1) is 0 Å². The largest absolute Gasteiger partial charge is 0.341 e. The standard InChI is InChI=1S/C17H18BrFN2/c1-2-20-11-13-3-5-14(18)9-16(13)21-8-7-12-4-6-15(19)10-17(12)21/h3-6,9-10,20H,2,7-8,11H2,1H3. The molecule has 0 saturated carbocycles. The lowest BCUT2D eigenvalue weighted by Crippen LogP contribution is -2.19. The molecule has 0 saturated heterocycles. The summed E-state index contributed by atoms with van der Waals surface area (Å²) in [6.07, 6.45) is 0.961. The van der Waals surface area contributed by atoms with E-state index in [0.717, 1.165) is 41.9 Å². The van der Waals surface area contributed by atoms with Gasteiger partial charge in [0.25, 0.3) is 0 Å². The molecular formula is C17H18BrFN2. The predicted molar refractivity (Wildman–Crippen MR) is 88.6 cm³/mol. The van der Waals surface area contributed by atoms with Crippen LogP contribution in [0.15, 0.2) is 40.9 Å². The zero-order valence-electron chi connectivity index (χ0n) is 12.0. The van der Waals surface area contributed by atoms with Crippen molar-refractivity contribution >= 4 is 27.3 Å². The second-order valence-corrected chi connectivity index (χ2v) is 6.14. The molecule has 0 amide bonds. The molecule has 110 valence electrons. The maximum atomic E-state index is 13.6. The number of benzene rings is 2. The average molecular weight is 349 g/mol. The van der Waals surface area contributed by atoms with Gasteiger partial charge >= 0.3 is 0 Å². The molecule has 1 N–H and O–H groups in total. The Kier molecular flexibility index (Phi) is 4.27. The molecule has 2 nitrogen and oxygen atoms in total. The fourth-order valence-electron chi connectivity index (χ4n) is 2.80. The van der Waals surface area contributed by atoms with E-state index in [9.17, 15) is 4.39 Å². The molecule has 2 aromatic rings. The monoisotopic (exact) mass is 348 g/mol. The van der Waals surface area contributed by atoms with Crippen molar-refractivity contribution in [3.05, 3.63) is 57.8 Å². The third-order valence-electron chi connectivity index (χ3n) is 3.85. The third kappa shape index (κ3) is 2.97. The van der Waals surface area contributed by atoms with Crippen LogP contribution in [0.5, 0.6) is 0 Å². The normalized spacial score (nSPS) is 13.6. The van der Waals surface area contributed by atoms with E-state index in [4.69, 9.17) is 0 Å². The Labute approximate surface area is 133 Å². The van der Waals surface area contributed by atoms with Crippen molar-refractivity contribution in [1.29, 1.82) is 0 Å². The van der Waals surface area contributed by atoms with Crippen molar-refractivity contribution < 1.29 is 4.39 Å². The fourth-order valence-corrected chi connectivity index (χ4v) is 3.15. The summed E-state index contributed by atoms with van der Waals surface area (Å²) >= 11 is 3.54. The number of fused-ring (bicyclic) bond motifs is 1. The molecule has 0 spiro atoms. The number of hydrogen-bond acceptors (Lipinski definition) is 2. The van der Waals surface area contributed by atoms with Gasteiger partial charge < -0.3 is 10.2 Å². The van der Waals surface area contributed by atoms with Crippen LogP contribution in [0.25, 0.3) is 0 Å². The van der Waals surface area contributed by atoms with Gasteiger partial charge in [-0.3, -0.25) is 0 Å². The summed E-state index contributed by atoms with van der Waals surface area (Å²) in [5, 5.41) is 3.37. The van der Waals surface area contributed by atoms with E-state index < -0.39 is 0 Å². The van der Waals surface area contributed by atoms with Crippen LogP contribution >= 0.6 is 15.9 Å². The molecule has 0 unspecified atom stereocenters. The van der Waals surface area contributed by atoms with E-state index >= 15 is 0 Å². The molecule has 0 aromatic heterocycles. The number of halogens is 2. The van der Waals surface area contributed by atoms with E-state index in [1.54, 1.807) is 12.1 Å². The molecule has 3 rings (SSSR count). The second kappa shape index (κ2) is 6.16. The lowest BCUT2D eigenvalue weighted by Gasteiger charge is -2.23. The van der Waals surface area contributed by atoms with Crippen LogP contribution in [0, 0.1) is 5.82 Å². The minimum Gasteiger partial charge on any atom is -0.341 e. The van der Waals surface area contributed by atoms with E-state index in [2.05, 4.69) is 51.3 Å². The van der Waals surface area contributed by atoms with Crippen molar-refractivity contribution in [2.75, 3.05) is 18.0 Å². The molecule has 1 heterocycles. The fraction of sp³-hybridized carbons (Fsp3) is 0.294. The summed E-state index contributed by atoms with van der Waals surface area (Å²) in [5.74, 6) is -0.177. The summed E-state index contributed by atoms with van der Waals surface area (Å²) in [4.78, 5) is 2.22. The maximum Gasteiger partial charge on any atom is 0.125 e. The van der Waals surface area contributed by atoms with Gasteiger partial charge in [0, 0.05) is 28.9 Å². The summed E-state index contributed by atoms with van der Waals surface area (Å²) in [7, 11) is 0. The van der Waals surface area contributed by atoms with Crippen molar-refractivity contribution in [3.63, 3.8) is 0 Å². The van der Waals surface area contributed by atoms with Crippen LogP contribution in [0.1, 0.15) is 18.1 Å². The van der Waals surface area contributed by atoms with Gasteiger partial charge in [-0.1, -0.05) is 35.0 Å². The minimum atomic E-state index is -0.177. The zero-order chi connectivity index (χ0) is 14.8. The number of nitrogens with one attached hydrogen (secondary N) is 1. The molecule has 0 bridgehead atoms. The molecule has 2 aromatic carbocycles. The van der Waals surface area contributed by atoms with Crippen LogP contribution < -0.4 is 10.2 Å². The highest BCUT2D eigenvalue weighted by molar-refractivity contribution is 9.10. The van der Waals surface area contributed by atoms with Crippen LogP contribution in [-0.2, 0) is 13.0 Å². The first kappa shape index (κ1) is 14.5. The Bertz CT molecular complexity index is 657. The number of hydrogen-bond donors (Lipinski definition) is 1. The maximum absolute atomic E-state index is 13.6. The van der Waals surface area contributed by atoms with E-state index in [0.29, 0.717) is 0 Å². The lowest BCUT2D eigenvalue weighted by molar-refractivity contribution is 0.628. The van der Waals surface area contributed by atoms with Gasteiger partial charge in [0.1, 0.15) is 5.82 Å². The first-order valence-electron chi connectivity index (χ1n) is 7.24. The quantitative estimate of drug-likeness (QED) is 0.881. The van der Waals surface area contributed by atoms with Crippen LogP contribution in [-0.4, -0.2) is 13.1 Å². The first-order chi connectivity index (χ1) is 10.2. The van der Waals surface area contributed by atoms with Gasteiger partial charge in [0.15, 0.2) is 0 Å². The minimum absolute atomic E-state index is 0.177. The van der Waals surface area contributed by atoms with Crippen molar-refractivity contribution in [3.8, 4) is 0 Å². The Morgan fingerprint density at radius 3 is 2.86 bits per heavy atom. The van der Waals surface area contributed by atoms with E-state index in [-0.39, 0.29) is 5.82 Å². The Morgan fingerprint density at radius 1 is 1.19 bits per heavy atom. The highest BCUT2D eigenvalue weighted by Crippen LogP contribution is 2.37. The van der Waals surface area contributed by atoms with Gasteiger partial charge in [-0.15, -0.1) is 0 Å². The van der Waals surface area contributed by atoms with Gasteiger partial charge in [-0.2, -0.15) is 0 Å². The van der Waals surface area contributed by atoms with Crippen LogP contribution in [0.2, 0.25) is 0 Å². The second-order valence-electron chi connectivity index (χ2n) is 5.23. The molecule has 0 atom stereocenters.